The van der Waals surface area contributed by atoms with Crippen LogP contribution in [0.1, 0.15) is 24.8 Å². The smallest absolute Gasteiger partial charge is 0.0599 e. The van der Waals surface area contributed by atoms with Crippen molar-refractivity contribution in [2.45, 2.75) is 32.3 Å². The Kier molecular flexibility index (Phi) is 5.67. The summed E-state index contributed by atoms with van der Waals surface area (Å²) < 4.78 is 5.92. The van der Waals surface area contributed by atoms with Gasteiger partial charge in [0.1, 0.15) is 0 Å². The molecule has 1 heterocycles. The van der Waals surface area contributed by atoms with Crippen molar-refractivity contribution in [3.63, 3.8) is 0 Å². The van der Waals surface area contributed by atoms with Crippen molar-refractivity contribution in [3.8, 4) is 0 Å². The normalized spacial score (nSPS) is 16.5. The van der Waals surface area contributed by atoms with Crippen LogP contribution >= 0.6 is 0 Å². The average molecular weight is 262 g/mol. The highest BCUT2D eigenvalue weighted by molar-refractivity contribution is 5.46. The summed E-state index contributed by atoms with van der Waals surface area (Å²) >= 11 is 0. The minimum absolute atomic E-state index is 0.478. The van der Waals surface area contributed by atoms with Crippen molar-refractivity contribution in [3.05, 3.63) is 29.8 Å². The highest BCUT2D eigenvalue weighted by Crippen LogP contribution is 2.14. The van der Waals surface area contributed by atoms with E-state index in [4.69, 9.17) is 4.74 Å². The van der Waals surface area contributed by atoms with Gasteiger partial charge in [-0.05, 0) is 51.4 Å². The fourth-order valence-electron chi connectivity index (χ4n) is 2.44. The van der Waals surface area contributed by atoms with E-state index in [2.05, 4.69) is 48.5 Å². The van der Waals surface area contributed by atoms with Crippen LogP contribution in [0.3, 0.4) is 0 Å². The predicted octanol–water partition coefficient (Wildman–Crippen LogP) is 2.59. The average Bonchev–Trinajstić information content (AvgIpc) is 2.45. The van der Waals surface area contributed by atoms with Crippen LogP contribution in [0.5, 0.6) is 0 Å². The number of rotatable bonds is 6. The molecule has 1 aliphatic rings. The molecular formula is C16H26N2O. The highest BCUT2D eigenvalue weighted by Gasteiger charge is 2.12. The number of nitrogens with one attached hydrogen (secondary N) is 1. The Balaban J connectivity index is 1.63. The van der Waals surface area contributed by atoms with Crippen molar-refractivity contribution in [2.24, 2.45) is 0 Å². The van der Waals surface area contributed by atoms with Gasteiger partial charge >= 0.3 is 0 Å². The minimum Gasteiger partial charge on any atom is -0.378 e. The standard InChI is InChI=1S/C16H26N2O/c1-14-4-6-15(7-5-14)18(2)12-3-13-19-16-8-10-17-11-9-16/h4-7,16-17H,3,8-13H2,1-2H3. The van der Waals surface area contributed by atoms with Gasteiger partial charge in [0, 0.05) is 25.9 Å². The van der Waals surface area contributed by atoms with Crippen molar-refractivity contribution < 1.29 is 4.74 Å². The zero-order chi connectivity index (χ0) is 13.5. The molecule has 19 heavy (non-hydrogen) atoms. The number of hydrogen-bond acceptors (Lipinski definition) is 3. The maximum atomic E-state index is 5.92. The van der Waals surface area contributed by atoms with Gasteiger partial charge in [-0.15, -0.1) is 0 Å². The van der Waals surface area contributed by atoms with Gasteiger partial charge < -0.3 is 15.0 Å². The number of aryl methyl sites for hydroxylation is 1. The molecule has 3 nitrogen and oxygen atoms in total. The summed E-state index contributed by atoms with van der Waals surface area (Å²) in [7, 11) is 2.15. The molecule has 0 spiro atoms. The molecule has 3 heteroatoms. The van der Waals surface area contributed by atoms with Crippen molar-refractivity contribution in [1.29, 1.82) is 0 Å². The van der Waals surface area contributed by atoms with E-state index in [-0.39, 0.29) is 0 Å². The largest absolute Gasteiger partial charge is 0.378 e. The minimum atomic E-state index is 0.478. The lowest BCUT2D eigenvalue weighted by atomic mass is 10.1. The number of hydrogen-bond donors (Lipinski definition) is 1. The van der Waals surface area contributed by atoms with Crippen molar-refractivity contribution in [2.75, 3.05) is 38.2 Å². The van der Waals surface area contributed by atoms with Gasteiger partial charge in [-0.2, -0.15) is 0 Å². The van der Waals surface area contributed by atoms with Gasteiger partial charge in [0.2, 0.25) is 0 Å². The second-order valence-electron chi connectivity index (χ2n) is 5.43. The van der Waals surface area contributed by atoms with E-state index in [1.165, 1.54) is 11.3 Å². The van der Waals surface area contributed by atoms with Crippen LogP contribution in [-0.4, -0.2) is 39.4 Å². The molecule has 1 aromatic rings. The number of piperidine rings is 1. The number of anilines is 1. The molecule has 2 rings (SSSR count). The van der Waals surface area contributed by atoms with E-state index in [0.717, 1.165) is 45.5 Å². The first-order valence-electron chi connectivity index (χ1n) is 7.36. The summed E-state index contributed by atoms with van der Waals surface area (Å²) in [4.78, 5) is 2.30. The maximum Gasteiger partial charge on any atom is 0.0599 e. The number of ether oxygens (including phenoxy) is 1. The van der Waals surface area contributed by atoms with Gasteiger partial charge in [-0.25, -0.2) is 0 Å². The van der Waals surface area contributed by atoms with E-state index in [1.54, 1.807) is 0 Å². The first-order chi connectivity index (χ1) is 9.25. The molecule has 0 bridgehead atoms. The molecule has 0 aliphatic carbocycles. The van der Waals surface area contributed by atoms with Crippen LogP contribution in [0.4, 0.5) is 5.69 Å². The Morgan fingerprint density at radius 1 is 1.21 bits per heavy atom. The molecular weight excluding hydrogens is 236 g/mol. The summed E-state index contributed by atoms with van der Waals surface area (Å²) in [5.74, 6) is 0. The predicted molar refractivity (Wildman–Crippen MR) is 80.9 cm³/mol. The Hall–Kier alpha value is -1.06. The zero-order valence-corrected chi connectivity index (χ0v) is 12.2. The summed E-state index contributed by atoms with van der Waals surface area (Å²) in [6.07, 6.45) is 3.89. The van der Waals surface area contributed by atoms with E-state index in [0.29, 0.717) is 6.10 Å². The molecule has 1 saturated heterocycles. The lowest BCUT2D eigenvalue weighted by Crippen LogP contribution is -2.33. The second-order valence-corrected chi connectivity index (χ2v) is 5.43. The fraction of sp³-hybridized carbons (Fsp3) is 0.625. The van der Waals surface area contributed by atoms with E-state index in [1.807, 2.05) is 0 Å². The highest BCUT2D eigenvalue weighted by atomic mass is 16.5. The number of benzene rings is 1. The van der Waals surface area contributed by atoms with Gasteiger partial charge in [0.05, 0.1) is 6.10 Å². The molecule has 1 N–H and O–H groups in total. The van der Waals surface area contributed by atoms with Crippen LogP contribution in [-0.2, 0) is 4.74 Å². The molecule has 1 fully saturated rings. The molecule has 0 radical (unpaired) electrons. The van der Waals surface area contributed by atoms with E-state index >= 15 is 0 Å². The monoisotopic (exact) mass is 262 g/mol. The Labute approximate surface area is 116 Å². The molecule has 0 aromatic heterocycles. The lowest BCUT2D eigenvalue weighted by Gasteiger charge is -2.24. The molecule has 0 amide bonds. The SMILES string of the molecule is Cc1ccc(N(C)CCCOC2CCNCC2)cc1. The van der Waals surface area contributed by atoms with Crippen molar-refractivity contribution >= 4 is 5.69 Å². The van der Waals surface area contributed by atoms with Gasteiger partial charge in [0.15, 0.2) is 0 Å². The Morgan fingerprint density at radius 2 is 1.89 bits per heavy atom. The molecule has 1 aliphatic heterocycles. The van der Waals surface area contributed by atoms with Crippen LogP contribution in [0.2, 0.25) is 0 Å². The third-order valence-electron chi connectivity index (χ3n) is 3.75. The maximum absolute atomic E-state index is 5.92. The summed E-state index contributed by atoms with van der Waals surface area (Å²) in [5.41, 5.74) is 2.60. The van der Waals surface area contributed by atoms with Gasteiger partial charge in [-0.1, -0.05) is 17.7 Å². The number of nitrogens with zero attached hydrogens (tertiary/aromatic N) is 1. The zero-order valence-electron chi connectivity index (χ0n) is 12.2. The van der Waals surface area contributed by atoms with Gasteiger partial charge in [-0.3, -0.25) is 0 Å². The Morgan fingerprint density at radius 3 is 2.58 bits per heavy atom. The Bertz CT molecular complexity index is 358. The molecule has 0 atom stereocenters. The molecule has 0 saturated carbocycles. The fourth-order valence-corrected chi connectivity index (χ4v) is 2.44. The molecule has 1 aromatic carbocycles. The van der Waals surface area contributed by atoms with E-state index < -0.39 is 0 Å². The van der Waals surface area contributed by atoms with Crippen LogP contribution in [0.25, 0.3) is 0 Å². The van der Waals surface area contributed by atoms with E-state index in [9.17, 15) is 0 Å². The van der Waals surface area contributed by atoms with Crippen LogP contribution in [0.15, 0.2) is 24.3 Å². The van der Waals surface area contributed by atoms with Crippen LogP contribution < -0.4 is 10.2 Å². The molecule has 106 valence electrons. The first-order valence-corrected chi connectivity index (χ1v) is 7.36. The lowest BCUT2D eigenvalue weighted by molar-refractivity contribution is 0.0324. The summed E-state index contributed by atoms with van der Waals surface area (Å²) in [6.45, 7) is 6.26. The second kappa shape index (κ2) is 7.51. The van der Waals surface area contributed by atoms with Gasteiger partial charge in [0.25, 0.3) is 0 Å². The summed E-state index contributed by atoms with van der Waals surface area (Å²) in [5, 5.41) is 3.36. The third kappa shape index (κ3) is 4.84. The topological polar surface area (TPSA) is 24.5 Å². The summed E-state index contributed by atoms with van der Waals surface area (Å²) in [6, 6.07) is 8.70. The first kappa shape index (κ1) is 14.4. The van der Waals surface area contributed by atoms with Crippen molar-refractivity contribution in [1.82, 2.24) is 5.32 Å². The van der Waals surface area contributed by atoms with Crippen LogP contribution in [0, 0.1) is 6.92 Å². The quantitative estimate of drug-likeness (QED) is 0.798. The molecule has 0 unspecified atom stereocenters. The third-order valence-corrected chi connectivity index (χ3v) is 3.75.